The molecule has 0 atom stereocenters. The Kier molecular flexibility index (Phi) is 2.31. The van der Waals surface area contributed by atoms with Crippen molar-refractivity contribution in [2.24, 2.45) is 0 Å². The zero-order chi connectivity index (χ0) is 9.19. The van der Waals surface area contributed by atoms with Gasteiger partial charge in [-0.1, -0.05) is 0 Å². The molecule has 0 spiro atoms. The Morgan fingerprint density at radius 3 is 2.58 bits per heavy atom. The van der Waals surface area contributed by atoms with Gasteiger partial charge in [-0.15, -0.1) is 0 Å². The highest BCUT2D eigenvalue weighted by Gasteiger charge is 2.11. The number of hydrogen-bond donors (Lipinski definition) is 1. The van der Waals surface area contributed by atoms with Crippen molar-refractivity contribution in [3.05, 3.63) is 24.3 Å². The van der Waals surface area contributed by atoms with Gasteiger partial charge in [0.2, 0.25) is 5.95 Å². The summed E-state index contributed by atoms with van der Waals surface area (Å²) in [7, 11) is 0. The molecule has 0 fully saturated rings. The number of nitrogens with zero attached hydrogens (tertiary/aromatic N) is 1. The van der Waals surface area contributed by atoms with E-state index in [1.807, 2.05) is 20.8 Å². The molecule has 0 saturated heterocycles. The van der Waals surface area contributed by atoms with Crippen molar-refractivity contribution in [2.75, 3.05) is 5.32 Å². The molecule has 1 rings (SSSR count). The SMILES string of the molecule is CC(C)(C)Nc1cccnc1F. The second-order valence-electron chi connectivity index (χ2n) is 3.72. The van der Waals surface area contributed by atoms with E-state index >= 15 is 0 Å². The van der Waals surface area contributed by atoms with Crippen molar-refractivity contribution >= 4 is 5.69 Å². The van der Waals surface area contributed by atoms with Crippen LogP contribution in [0.3, 0.4) is 0 Å². The molecular weight excluding hydrogens is 155 g/mol. The van der Waals surface area contributed by atoms with Gasteiger partial charge in [-0.25, -0.2) is 4.98 Å². The Bertz CT molecular complexity index is 265. The van der Waals surface area contributed by atoms with Crippen LogP contribution in [0.5, 0.6) is 0 Å². The number of halogens is 1. The molecule has 0 aliphatic carbocycles. The normalized spacial score (nSPS) is 11.3. The fourth-order valence-corrected chi connectivity index (χ4v) is 0.883. The van der Waals surface area contributed by atoms with Crippen LogP contribution in [-0.2, 0) is 0 Å². The molecule has 1 aromatic rings. The quantitative estimate of drug-likeness (QED) is 0.651. The topological polar surface area (TPSA) is 24.9 Å². The molecule has 3 heteroatoms. The van der Waals surface area contributed by atoms with E-state index in [0.29, 0.717) is 5.69 Å². The number of nitrogens with one attached hydrogen (secondary N) is 1. The second-order valence-corrected chi connectivity index (χ2v) is 3.72. The third-order valence-corrected chi connectivity index (χ3v) is 1.27. The first-order valence-electron chi connectivity index (χ1n) is 3.88. The van der Waals surface area contributed by atoms with E-state index < -0.39 is 5.95 Å². The summed E-state index contributed by atoms with van der Waals surface area (Å²) in [5, 5.41) is 3.01. The highest BCUT2D eigenvalue weighted by atomic mass is 19.1. The Hall–Kier alpha value is -1.12. The first-order chi connectivity index (χ1) is 5.49. The van der Waals surface area contributed by atoms with Crippen molar-refractivity contribution in [2.45, 2.75) is 26.3 Å². The summed E-state index contributed by atoms with van der Waals surface area (Å²) in [6.07, 6.45) is 1.43. The van der Waals surface area contributed by atoms with Crippen molar-refractivity contribution < 1.29 is 4.39 Å². The molecule has 0 bridgehead atoms. The first kappa shape index (κ1) is 8.97. The molecule has 0 aliphatic heterocycles. The van der Waals surface area contributed by atoms with Gasteiger partial charge in [0.25, 0.3) is 0 Å². The highest BCUT2D eigenvalue weighted by Crippen LogP contribution is 2.15. The van der Waals surface area contributed by atoms with E-state index in [9.17, 15) is 4.39 Å². The molecule has 0 aliphatic rings. The maximum absolute atomic E-state index is 12.9. The van der Waals surface area contributed by atoms with Crippen LogP contribution in [0.2, 0.25) is 0 Å². The Balaban J connectivity index is 2.83. The van der Waals surface area contributed by atoms with Crippen LogP contribution >= 0.6 is 0 Å². The lowest BCUT2D eigenvalue weighted by Gasteiger charge is -2.21. The van der Waals surface area contributed by atoms with Gasteiger partial charge >= 0.3 is 0 Å². The minimum atomic E-state index is -0.451. The monoisotopic (exact) mass is 168 g/mol. The molecule has 12 heavy (non-hydrogen) atoms. The molecule has 1 heterocycles. The summed E-state index contributed by atoms with van der Waals surface area (Å²) in [6, 6.07) is 3.38. The number of pyridine rings is 1. The van der Waals surface area contributed by atoms with Crippen LogP contribution in [0.15, 0.2) is 18.3 Å². The molecular formula is C9H13FN2. The Morgan fingerprint density at radius 1 is 1.42 bits per heavy atom. The predicted molar refractivity (Wildman–Crippen MR) is 47.6 cm³/mol. The van der Waals surface area contributed by atoms with Gasteiger partial charge in [0.15, 0.2) is 0 Å². The third-order valence-electron chi connectivity index (χ3n) is 1.27. The van der Waals surface area contributed by atoms with Crippen LogP contribution in [0.1, 0.15) is 20.8 Å². The van der Waals surface area contributed by atoms with Gasteiger partial charge in [-0.05, 0) is 32.9 Å². The fraction of sp³-hybridized carbons (Fsp3) is 0.444. The lowest BCUT2D eigenvalue weighted by molar-refractivity contribution is 0.569. The molecule has 0 aromatic carbocycles. The Morgan fingerprint density at radius 2 is 2.08 bits per heavy atom. The lowest BCUT2D eigenvalue weighted by Crippen LogP contribution is -2.26. The fourth-order valence-electron chi connectivity index (χ4n) is 0.883. The minimum absolute atomic E-state index is 0.135. The zero-order valence-electron chi connectivity index (χ0n) is 7.56. The van der Waals surface area contributed by atoms with Gasteiger partial charge in [0.1, 0.15) is 0 Å². The molecule has 66 valence electrons. The minimum Gasteiger partial charge on any atom is -0.377 e. The van der Waals surface area contributed by atoms with Gasteiger partial charge in [0.05, 0.1) is 5.69 Å². The van der Waals surface area contributed by atoms with Crippen LogP contribution in [-0.4, -0.2) is 10.5 Å². The standard InChI is InChI=1S/C9H13FN2/c1-9(2,3)12-7-5-4-6-11-8(7)10/h4-6,12H,1-3H3. The van der Waals surface area contributed by atoms with Gasteiger partial charge < -0.3 is 5.32 Å². The first-order valence-corrected chi connectivity index (χ1v) is 3.88. The van der Waals surface area contributed by atoms with E-state index in [-0.39, 0.29) is 5.54 Å². The predicted octanol–water partition coefficient (Wildman–Crippen LogP) is 2.43. The number of anilines is 1. The van der Waals surface area contributed by atoms with E-state index in [0.717, 1.165) is 0 Å². The number of aromatic nitrogens is 1. The molecule has 1 N–H and O–H groups in total. The van der Waals surface area contributed by atoms with Gasteiger partial charge in [0, 0.05) is 11.7 Å². The van der Waals surface area contributed by atoms with Crippen LogP contribution in [0.25, 0.3) is 0 Å². The average Bonchev–Trinajstić information content (AvgIpc) is 1.91. The van der Waals surface area contributed by atoms with Crippen molar-refractivity contribution in [1.82, 2.24) is 4.98 Å². The highest BCUT2D eigenvalue weighted by molar-refractivity contribution is 5.43. The van der Waals surface area contributed by atoms with E-state index in [4.69, 9.17) is 0 Å². The second kappa shape index (κ2) is 3.09. The van der Waals surface area contributed by atoms with Crippen LogP contribution in [0, 0.1) is 5.95 Å². The summed E-state index contributed by atoms with van der Waals surface area (Å²) in [5.74, 6) is -0.451. The van der Waals surface area contributed by atoms with Gasteiger partial charge in [-0.2, -0.15) is 4.39 Å². The lowest BCUT2D eigenvalue weighted by atomic mass is 10.1. The average molecular weight is 168 g/mol. The molecule has 0 saturated carbocycles. The summed E-state index contributed by atoms with van der Waals surface area (Å²) >= 11 is 0. The van der Waals surface area contributed by atoms with E-state index in [1.54, 1.807) is 12.1 Å². The summed E-state index contributed by atoms with van der Waals surface area (Å²) in [5.41, 5.74) is 0.314. The van der Waals surface area contributed by atoms with Crippen molar-refractivity contribution in [3.63, 3.8) is 0 Å². The maximum Gasteiger partial charge on any atom is 0.236 e. The molecule has 0 amide bonds. The third kappa shape index (κ3) is 2.49. The van der Waals surface area contributed by atoms with Crippen LogP contribution in [0.4, 0.5) is 10.1 Å². The maximum atomic E-state index is 12.9. The van der Waals surface area contributed by atoms with Crippen molar-refractivity contribution in [1.29, 1.82) is 0 Å². The Labute approximate surface area is 71.8 Å². The number of hydrogen-bond acceptors (Lipinski definition) is 2. The summed E-state index contributed by atoms with van der Waals surface area (Å²) < 4.78 is 12.9. The van der Waals surface area contributed by atoms with E-state index in [2.05, 4.69) is 10.3 Å². The largest absolute Gasteiger partial charge is 0.377 e. The van der Waals surface area contributed by atoms with Crippen LogP contribution < -0.4 is 5.32 Å². The van der Waals surface area contributed by atoms with Gasteiger partial charge in [-0.3, -0.25) is 0 Å². The zero-order valence-corrected chi connectivity index (χ0v) is 7.56. The van der Waals surface area contributed by atoms with Crippen molar-refractivity contribution in [3.8, 4) is 0 Å². The van der Waals surface area contributed by atoms with E-state index in [1.165, 1.54) is 6.20 Å². The number of rotatable bonds is 1. The molecule has 0 radical (unpaired) electrons. The smallest absolute Gasteiger partial charge is 0.236 e. The molecule has 2 nitrogen and oxygen atoms in total. The summed E-state index contributed by atoms with van der Waals surface area (Å²) in [6.45, 7) is 5.92. The molecule has 1 aromatic heterocycles. The molecule has 0 unspecified atom stereocenters. The summed E-state index contributed by atoms with van der Waals surface area (Å²) in [4.78, 5) is 3.53.